The molecule has 1 aliphatic heterocycles. The Kier molecular flexibility index (Phi) is 3.53. The van der Waals surface area contributed by atoms with Crippen molar-refractivity contribution in [2.24, 2.45) is 0 Å². The van der Waals surface area contributed by atoms with Gasteiger partial charge in [-0.25, -0.2) is 4.39 Å². The second kappa shape index (κ2) is 5.33. The Morgan fingerprint density at radius 3 is 2.95 bits per heavy atom. The van der Waals surface area contributed by atoms with Crippen molar-refractivity contribution < 1.29 is 9.13 Å². The highest BCUT2D eigenvalue weighted by Gasteiger charge is 2.22. The van der Waals surface area contributed by atoms with Gasteiger partial charge in [0, 0.05) is 17.1 Å². The SMILES string of the molecule is Cc1cc(NCC2Cc3cc(Cl)ccc3O2)ccc1F. The van der Waals surface area contributed by atoms with Crippen LogP contribution >= 0.6 is 11.6 Å². The van der Waals surface area contributed by atoms with Gasteiger partial charge >= 0.3 is 0 Å². The van der Waals surface area contributed by atoms with E-state index >= 15 is 0 Å². The van der Waals surface area contributed by atoms with E-state index in [1.807, 2.05) is 18.2 Å². The molecule has 0 aliphatic carbocycles. The molecule has 0 fully saturated rings. The molecule has 3 rings (SSSR count). The zero-order valence-electron chi connectivity index (χ0n) is 11.1. The van der Waals surface area contributed by atoms with Gasteiger partial charge < -0.3 is 10.1 Å². The lowest BCUT2D eigenvalue weighted by Crippen LogP contribution is -2.23. The Balaban J connectivity index is 1.62. The summed E-state index contributed by atoms with van der Waals surface area (Å²) in [6.07, 6.45) is 0.914. The molecule has 4 heteroatoms. The number of aryl methyl sites for hydroxylation is 1. The molecule has 2 aromatic carbocycles. The van der Waals surface area contributed by atoms with Crippen molar-refractivity contribution >= 4 is 17.3 Å². The van der Waals surface area contributed by atoms with Crippen LogP contribution in [0, 0.1) is 12.7 Å². The first-order chi connectivity index (χ1) is 9.61. The summed E-state index contributed by atoms with van der Waals surface area (Å²) in [6, 6.07) is 10.7. The molecule has 2 aromatic rings. The minimum atomic E-state index is -0.185. The lowest BCUT2D eigenvalue weighted by atomic mass is 10.1. The molecule has 1 atom stereocenters. The molecular formula is C16H15ClFNO. The standard InChI is InChI=1S/C16H15ClFNO/c1-10-6-13(3-4-15(10)18)19-9-14-8-11-7-12(17)2-5-16(11)20-14/h2-7,14,19H,8-9H2,1H3. The molecule has 0 bridgehead atoms. The fourth-order valence-corrected chi connectivity index (χ4v) is 2.58. The Hall–Kier alpha value is -1.74. The molecule has 0 spiro atoms. The van der Waals surface area contributed by atoms with Crippen LogP contribution in [0.4, 0.5) is 10.1 Å². The number of ether oxygens (including phenoxy) is 1. The second-order valence-corrected chi connectivity index (χ2v) is 5.48. The zero-order chi connectivity index (χ0) is 14.1. The number of anilines is 1. The summed E-state index contributed by atoms with van der Waals surface area (Å²) >= 11 is 5.97. The normalized spacial score (nSPS) is 16.6. The van der Waals surface area contributed by atoms with E-state index in [4.69, 9.17) is 16.3 Å². The Morgan fingerprint density at radius 2 is 2.15 bits per heavy atom. The van der Waals surface area contributed by atoms with E-state index in [2.05, 4.69) is 5.32 Å². The number of nitrogens with one attached hydrogen (secondary N) is 1. The largest absolute Gasteiger partial charge is 0.488 e. The van der Waals surface area contributed by atoms with Crippen molar-refractivity contribution in [3.63, 3.8) is 0 Å². The maximum atomic E-state index is 13.2. The molecule has 0 radical (unpaired) electrons. The van der Waals surface area contributed by atoms with Crippen LogP contribution in [0.3, 0.4) is 0 Å². The van der Waals surface area contributed by atoms with Crippen molar-refractivity contribution in [2.45, 2.75) is 19.4 Å². The molecule has 0 saturated heterocycles. The number of hydrogen-bond acceptors (Lipinski definition) is 2. The van der Waals surface area contributed by atoms with Crippen molar-refractivity contribution in [3.05, 3.63) is 58.4 Å². The molecule has 0 saturated carbocycles. The molecule has 2 nitrogen and oxygen atoms in total. The van der Waals surface area contributed by atoms with Gasteiger partial charge in [-0.05, 0) is 54.4 Å². The average molecular weight is 292 g/mol. The summed E-state index contributed by atoms with van der Waals surface area (Å²) in [7, 11) is 0. The second-order valence-electron chi connectivity index (χ2n) is 5.04. The van der Waals surface area contributed by atoms with E-state index in [-0.39, 0.29) is 11.9 Å². The highest BCUT2D eigenvalue weighted by molar-refractivity contribution is 6.30. The van der Waals surface area contributed by atoms with Crippen molar-refractivity contribution in [1.82, 2.24) is 0 Å². The number of hydrogen-bond donors (Lipinski definition) is 1. The average Bonchev–Trinajstić information content (AvgIpc) is 2.82. The third-order valence-electron chi connectivity index (χ3n) is 3.46. The number of fused-ring (bicyclic) bond motifs is 1. The van der Waals surface area contributed by atoms with E-state index in [0.29, 0.717) is 12.1 Å². The lowest BCUT2D eigenvalue weighted by Gasteiger charge is -2.13. The van der Waals surface area contributed by atoms with Gasteiger partial charge in [-0.3, -0.25) is 0 Å². The molecule has 1 unspecified atom stereocenters. The van der Waals surface area contributed by atoms with Crippen molar-refractivity contribution in [1.29, 1.82) is 0 Å². The summed E-state index contributed by atoms with van der Waals surface area (Å²) in [4.78, 5) is 0. The van der Waals surface area contributed by atoms with Gasteiger partial charge in [-0.1, -0.05) is 11.6 Å². The van der Waals surface area contributed by atoms with Crippen molar-refractivity contribution in [3.8, 4) is 5.75 Å². The van der Waals surface area contributed by atoms with Gasteiger partial charge in [0.1, 0.15) is 17.7 Å². The first kappa shape index (κ1) is 13.3. The van der Waals surface area contributed by atoms with Gasteiger partial charge in [0.25, 0.3) is 0 Å². The van der Waals surface area contributed by atoms with E-state index in [1.165, 1.54) is 6.07 Å². The molecule has 0 aromatic heterocycles. The maximum Gasteiger partial charge on any atom is 0.126 e. The molecular weight excluding hydrogens is 277 g/mol. The summed E-state index contributed by atoms with van der Waals surface area (Å²) in [6.45, 7) is 2.43. The number of benzene rings is 2. The molecule has 20 heavy (non-hydrogen) atoms. The number of rotatable bonds is 3. The first-order valence-corrected chi connectivity index (χ1v) is 6.95. The van der Waals surface area contributed by atoms with Crippen LogP contribution in [-0.2, 0) is 6.42 Å². The smallest absolute Gasteiger partial charge is 0.126 e. The maximum absolute atomic E-state index is 13.2. The fourth-order valence-electron chi connectivity index (χ4n) is 2.39. The third-order valence-corrected chi connectivity index (χ3v) is 3.69. The predicted octanol–water partition coefficient (Wildman–Crippen LogP) is 4.20. The molecule has 1 heterocycles. The molecule has 1 aliphatic rings. The summed E-state index contributed by atoms with van der Waals surface area (Å²) in [5, 5.41) is 4.01. The minimum Gasteiger partial charge on any atom is -0.488 e. The lowest BCUT2D eigenvalue weighted by molar-refractivity contribution is 0.246. The van der Waals surface area contributed by atoms with Crippen LogP contribution in [0.5, 0.6) is 5.75 Å². The van der Waals surface area contributed by atoms with Crippen LogP contribution in [0.1, 0.15) is 11.1 Å². The number of halogens is 2. The van der Waals surface area contributed by atoms with E-state index in [1.54, 1.807) is 19.1 Å². The molecule has 1 N–H and O–H groups in total. The first-order valence-electron chi connectivity index (χ1n) is 6.57. The van der Waals surface area contributed by atoms with Gasteiger partial charge in [0.2, 0.25) is 0 Å². The van der Waals surface area contributed by atoms with Crippen molar-refractivity contribution in [2.75, 3.05) is 11.9 Å². The summed E-state index contributed by atoms with van der Waals surface area (Å²) in [5.41, 5.74) is 2.68. The van der Waals surface area contributed by atoms with Gasteiger partial charge in [-0.2, -0.15) is 0 Å². The van der Waals surface area contributed by atoms with Crippen LogP contribution in [0.15, 0.2) is 36.4 Å². The van der Waals surface area contributed by atoms with Crippen LogP contribution in [0.2, 0.25) is 5.02 Å². The van der Waals surface area contributed by atoms with Crippen LogP contribution in [0.25, 0.3) is 0 Å². The van der Waals surface area contributed by atoms with Gasteiger partial charge in [-0.15, -0.1) is 0 Å². The quantitative estimate of drug-likeness (QED) is 0.915. The van der Waals surface area contributed by atoms with E-state index in [0.717, 1.165) is 28.4 Å². The Morgan fingerprint density at radius 1 is 1.30 bits per heavy atom. The van der Waals surface area contributed by atoms with E-state index < -0.39 is 0 Å². The highest BCUT2D eigenvalue weighted by Crippen LogP contribution is 2.31. The Labute approximate surface area is 122 Å². The highest BCUT2D eigenvalue weighted by atomic mass is 35.5. The summed E-state index contributed by atoms with van der Waals surface area (Å²) < 4.78 is 19.0. The Bertz CT molecular complexity index is 644. The topological polar surface area (TPSA) is 21.3 Å². The third kappa shape index (κ3) is 2.73. The van der Waals surface area contributed by atoms with Gasteiger partial charge in [0.05, 0.1) is 6.54 Å². The molecule has 0 amide bonds. The van der Waals surface area contributed by atoms with Crippen LogP contribution < -0.4 is 10.1 Å². The predicted molar refractivity (Wildman–Crippen MR) is 79.2 cm³/mol. The zero-order valence-corrected chi connectivity index (χ0v) is 11.9. The van der Waals surface area contributed by atoms with E-state index in [9.17, 15) is 4.39 Å². The monoisotopic (exact) mass is 291 g/mol. The summed E-state index contributed by atoms with van der Waals surface area (Å²) in [5.74, 6) is 0.714. The molecule has 104 valence electrons. The minimum absolute atomic E-state index is 0.0776. The fraction of sp³-hybridized carbons (Fsp3) is 0.250. The van der Waals surface area contributed by atoms with Crippen LogP contribution in [-0.4, -0.2) is 12.6 Å². The van der Waals surface area contributed by atoms with Gasteiger partial charge in [0.15, 0.2) is 0 Å².